The van der Waals surface area contributed by atoms with Crippen LogP contribution in [0.3, 0.4) is 0 Å². The topological polar surface area (TPSA) is 119 Å². The molecule has 0 aliphatic heterocycles. The van der Waals surface area contributed by atoms with E-state index >= 15 is 0 Å². The second-order valence-electron chi connectivity index (χ2n) is 10.5. The molecule has 0 unspecified atom stereocenters. The van der Waals surface area contributed by atoms with Crippen molar-refractivity contribution >= 4 is 34.6 Å². The summed E-state index contributed by atoms with van der Waals surface area (Å²) in [5.74, 6) is -0.127. The molecule has 1 aliphatic carbocycles. The summed E-state index contributed by atoms with van der Waals surface area (Å²) in [4.78, 5) is 57.7. The van der Waals surface area contributed by atoms with Crippen molar-refractivity contribution in [1.82, 2.24) is 23.9 Å². The summed E-state index contributed by atoms with van der Waals surface area (Å²) in [6, 6.07) is 7.57. The molecule has 1 N–H and O–H groups in total. The van der Waals surface area contributed by atoms with Crippen molar-refractivity contribution < 1.29 is 23.5 Å². The average molecular weight is 567 g/mol. The van der Waals surface area contributed by atoms with E-state index < -0.39 is 23.7 Å². The summed E-state index contributed by atoms with van der Waals surface area (Å²) < 4.78 is 22.7. The largest absolute Gasteiger partial charge is 0.436 e. The molecule has 4 rings (SSSR count). The van der Waals surface area contributed by atoms with E-state index in [9.17, 15) is 23.6 Å². The van der Waals surface area contributed by atoms with Crippen LogP contribution in [0.25, 0.3) is 11.0 Å². The summed E-state index contributed by atoms with van der Waals surface area (Å²) in [7, 11) is 6.23. The normalized spacial score (nSPS) is 13.8. The second-order valence-corrected chi connectivity index (χ2v) is 10.5. The lowest BCUT2D eigenvalue weighted by molar-refractivity contribution is -0.125. The molecule has 1 aliphatic rings. The van der Waals surface area contributed by atoms with Crippen LogP contribution in [0.5, 0.6) is 0 Å². The maximum atomic E-state index is 13.9. The number of hydrogen-bond donors (Lipinski definition) is 1. The number of rotatable bonds is 11. The molecule has 2 aromatic heterocycles. The van der Waals surface area contributed by atoms with Gasteiger partial charge in [0.2, 0.25) is 5.91 Å². The first-order valence-electron chi connectivity index (χ1n) is 13.4. The van der Waals surface area contributed by atoms with E-state index in [0.29, 0.717) is 17.3 Å². The lowest BCUT2D eigenvalue weighted by atomic mass is 10.1. The molecule has 41 heavy (non-hydrogen) atoms. The number of hydrogen-bond acceptors (Lipinski definition) is 6. The van der Waals surface area contributed by atoms with Gasteiger partial charge in [0.1, 0.15) is 17.3 Å². The van der Waals surface area contributed by atoms with Crippen LogP contribution in [0.15, 0.2) is 53.5 Å². The first-order valence-corrected chi connectivity index (χ1v) is 13.4. The summed E-state index contributed by atoms with van der Waals surface area (Å²) in [6.07, 6.45) is 5.28. The number of carbonyl (C=O) groups is 3. The SMILES string of the molecule is CN(C)C(=O)/C=C/CC[C@H](OC(=O)N(C)C)C(=O)Nc1cccn(Cc2nc3cc(F)ccc3n2CC2CC2)c1=O. The molecule has 218 valence electrons. The molecule has 0 saturated heterocycles. The predicted molar refractivity (Wildman–Crippen MR) is 152 cm³/mol. The monoisotopic (exact) mass is 566 g/mol. The second kappa shape index (κ2) is 12.8. The van der Waals surface area contributed by atoms with Gasteiger partial charge in [0, 0.05) is 47.0 Å². The number of imidazole rings is 1. The van der Waals surface area contributed by atoms with Crippen LogP contribution in [0.2, 0.25) is 0 Å². The molecule has 3 aromatic rings. The van der Waals surface area contributed by atoms with Crippen LogP contribution in [0.4, 0.5) is 14.9 Å². The lowest BCUT2D eigenvalue weighted by Gasteiger charge is -2.20. The van der Waals surface area contributed by atoms with Gasteiger partial charge >= 0.3 is 6.09 Å². The van der Waals surface area contributed by atoms with E-state index in [4.69, 9.17) is 4.74 Å². The minimum absolute atomic E-state index is 0.0117. The molecule has 3 amide bonds. The number of nitrogens with one attached hydrogen (secondary N) is 1. The zero-order valence-corrected chi connectivity index (χ0v) is 23.7. The van der Waals surface area contributed by atoms with Crippen molar-refractivity contribution in [3.63, 3.8) is 0 Å². The fourth-order valence-electron chi connectivity index (χ4n) is 4.21. The number of benzene rings is 1. The van der Waals surface area contributed by atoms with Crippen LogP contribution >= 0.6 is 0 Å². The van der Waals surface area contributed by atoms with Crippen LogP contribution in [0.1, 0.15) is 31.5 Å². The fourth-order valence-corrected chi connectivity index (χ4v) is 4.21. The summed E-state index contributed by atoms with van der Waals surface area (Å²) in [6.45, 7) is 0.853. The number of carbonyl (C=O) groups excluding carboxylic acids is 3. The Morgan fingerprint density at radius 1 is 1.17 bits per heavy atom. The van der Waals surface area contributed by atoms with Crippen molar-refractivity contribution in [3.8, 4) is 0 Å². The Kier molecular flexibility index (Phi) is 9.21. The highest BCUT2D eigenvalue weighted by atomic mass is 19.1. The van der Waals surface area contributed by atoms with Crippen LogP contribution < -0.4 is 10.9 Å². The van der Waals surface area contributed by atoms with Gasteiger partial charge in [-0.3, -0.25) is 14.4 Å². The predicted octanol–water partition coefficient (Wildman–Crippen LogP) is 3.23. The van der Waals surface area contributed by atoms with Gasteiger partial charge in [-0.25, -0.2) is 14.2 Å². The third-order valence-electron chi connectivity index (χ3n) is 6.71. The average Bonchev–Trinajstić information content (AvgIpc) is 3.68. The van der Waals surface area contributed by atoms with Gasteiger partial charge < -0.3 is 29.0 Å². The quantitative estimate of drug-likeness (QED) is 0.356. The Balaban J connectivity index is 1.53. The molecular formula is C29H35FN6O5. The molecule has 1 fully saturated rings. The van der Waals surface area contributed by atoms with Gasteiger partial charge in [-0.2, -0.15) is 0 Å². The Bertz CT molecular complexity index is 1520. The molecular weight excluding hydrogens is 531 g/mol. The van der Waals surface area contributed by atoms with Crippen molar-refractivity contribution in [2.45, 2.75) is 44.9 Å². The zero-order valence-electron chi connectivity index (χ0n) is 23.7. The van der Waals surface area contributed by atoms with Crippen molar-refractivity contribution in [1.29, 1.82) is 0 Å². The minimum atomic E-state index is -1.20. The molecule has 12 heteroatoms. The highest BCUT2D eigenvalue weighted by molar-refractivity contribution is 5.95. The van der Waals surface area contributed by atoms with Crippen LogP contribution in [-0.2, 0) is 27.4 Å². The molecule has 2 heterocycles. The number of ether oxygens (including phenoxy) is 1. The highest BCUT2D eigenvalue weighted by Gasteiger charge is 2.26. The lowest BCUT2D eigenvalue weighted by Crippen LogP contribution is -2.37. The van der Waals surface area contributed by atoms with Crippen LogP contribution in [-0.4, -0.2) is 76.1 Å². The Labute approximate surface area is 237 Å². The number of aromatic nitrogens is 3. The van der Waals surface area contributed by atoms with Crippen LogP contribution in [0, 0.1) is 11.7 Å². The Morgan fingerprint density at radius 3 is 2.61 bits per heavy atom. The molecule has 11 nitrogen and oxygen atoms in total. The standard InChI is InChI=1S/C29H35FN6O5/c1-33(2)26(37)10-6-5-9-24(41-29(40)34(3)4)27(38)32-21-8-7-15-35(28(21)39)18-25-31-22-16-20(30)13-14-23(22)36(25)17-19-11-12-19/h6-8,10,13-16,19,24H,5,9,11-12,17-18H2,1-4H3,(H,32,38)/b10-6+/t24-/m0/s1. The molecule has 0 spiro atoms. The number of halogens is 1. The molecule has 1 aromatic carbocycles. The Hall–Kier alpha value is -4.48. The first-order chi connectivity index (χ1) is 19.5. The zero-order chi connectivity index (χ0) is 29.7. The van der Waals surface area contributed by atoms with Gasteiger partial charge in [-0.15, -0.1) is 0 Å². The maximum Gasteiger partial charge on any atom is 0.410 e. The van der Waals surface area contributed by atoms with Gasteiger partial charge in [0.15, 0.2) is 6.10 Å². The molecule has 1 atom stereocenters. The van der Waals surface area contributed by atoms with E-state index in [1.807, 2.05) is 4.57 Å². The number of pyridine rings is 1. The van der Waals surface area contributed by atoms with E-state index in [1.165, 1.54) is 52.7 Å². The van der Waals surface area contributed by atoms with Crippen molar-refractivity contribution in [3.05, 3.63) is 70.7 Å². The summed E-state index contributed by atoms with van der Waals surface area (Å²) in [5, 5.41) is 2.60. The summed E-state index contributed by atoms with van der Waals surface area (Å²) >= 11 is 0. The molecule has 0 radical (unpaired) electrons. The smallest absolute Gasteiger partial charge is 0.410 e. The Morgan fingerprint density at radius 2 is 1.93 bits per heavy atom. The fraction of sp³-hybridized carbons (Fsp3) is 0.414. The van der Waals surface area contributed by atoms with Crippen molar-refractivity contribution in [2.24, 2.45) is 5.92 Å². The third-order valence-corrected chi connectivity index (χ3v) is 6.71. The van der Waals surface area contributed by atoms with E-state index in [0.717, 1.165) is 24.9 Å². The number of anilines is 1. The minimum Gasteiger partial charge on any atom is -0.436 e. The number of likely N-dealkylation sites (N-methyl/N-ethyl adjacent to an activating group) is 1. The molecule has 1 saturated carbocycles. The number of nitrogens with zero attached hydrogens (tertiary/aromatic N) is 5. The molecule has 0 bridgehead atoms. The van der Waals surface area contributed by atoms with Gasteiger partial charge in [0.25, 0.3) is 11.5 Å². The van der Waals surface area contributed by atoms with Gasteiger partial charge in [0.05, 0.1) is 17.6 Å². The highest BCUT2D eigenvalue weighted by Crippen LogP contribution is 2.32. The number of fused-ring (bicyclic) bond motifs is 1. The van der Waals surface area contributed by atoms with E-state index in [1.54, 1.807) is 38.5 Å². The first kappa shape index (κ1) is 29.5. The number of amides is 3. The van der Waals surface area contributed by atoms with E-state index in [-0.39, 0.29) is 36.8 Å². The summed E-state index contributed by atoms with van der Waals surface area (Å²) in [5.41, 5.74) is 0.867. The van der Waals surface area contributed by atoms with Crippen molar-refractivity contribution in [2.75, 3.05) is 33.5 Å². The van der Waals surface area contributed by atoms with Gasteiger partial charge in [-0.05, 0) is 61.9 Å². The number of allylic oxidation sites excluding steroid dienone is 1. The third kappa shape index (κ3) is 7.59. The maximum absolute atomic E-state index is 13.9. The van der Waals surface area contributed by atoms with Gasteiger partial charge in [-0.1, -0.05) is 6.08 Å². The van der Waals surface area contributed by atoms with E-state index in [2.05, 4.69) is 10.3 Å².